The van der Waals surface area contributed by atoms with E-state index in [0.29, 0.717) is 12.3 Å². The maximum atomic E-state index is 10.1. The fraction of sp³-hybridized carbons (Fsp3) is 0.250. The molecule has 1 aliphatic heterocycles. The Bertz CT molecular complexity index is 940. The fourth-order valence-corrected chi connectivity index (χ4v) is 3.70. The molecule has 28 heavy (non-hydrogen) atoms. The Morgan fingerprint density at radius 1 is 1.04 bits per heavy atom. The molecule has 0 amide bonds. The molecule has 1 aliphatic rings. The van der Waals surface area contributed by atoms with Crippen molar-refractivity contribution in [3.8, 4) is 17.2 Å². The largest absolute Gasteiger partial charge is 0.504 e. The zero-order valence-electron chi connectivity index (χ0n) is 16.0. The first-order valence-electron chi connectivity index (χ1n) is 9.64. The molecule has 1 unspecified atom stereocenters. The first-order chi connectivity index (χ1) is 13.7. The van der Waals surface area contributed by atoms with E-state index in [1.54, 1.807) is 19.2 Å². The van der Waals surface area contributed by atoms with Gasteiger partial charge in [-0.1, -0.05) is 48.5 Å². The van der Waals surface area contributed by atoms with Gasteiger partial charge in [-0.3, -0.25) is 0 Å². The zero-order valence-corrected chi connectivity index (χ0v) is 16.0. The maximum Gasteiger partial charge on any atom is 0.160 e. The summed E-state index contributed by atoms with van der Waals surface area (Å²) in [4.78, 5) is 0. The van der Waals surface area contributed by atoms with Crippen molar-refractivity contribution < 1.29 is 14.6 Å². The van der Waals surface area contributed by atoms with Crippen LogP contribution in [0.4, 0.5) is 0 Å². The molecule has 144 valence electrons. The van der Waals surface area contributed by atoms with Crippen LogP contribution in [0.5, 0.6) is 17.2 Å². The molecule has 4 heteroatoms. The van der Waals surface area contributed by atoms with Gasteiger partial charge in [-0.15, -0.1) is 0 Å². The van der Waals surface area contributed by atoms with E-state index < -0.39 is 0 Å². The van der Waals surface area contributed by atoms with E-state index in [1.807, 2.05) is 12.1 Å². The van der Waals surface area contributed by atoms with Crippen LogP contribution < -0.4 is 14.8 Å². The second kappa shape index (κ2) is 8.36. The van der Waals surface area contributed by atoms with Gasteiger partial charge in [-0.25, -0.2) is 0 Å². The van der Waals surface area contributed by atoms with Crippen LogP contribution in [0.2, 0.25) is 0 Å². The molecule has 4 nitrogen and oxygen atoms in total. The Labute approximate surface area is 165 Å². The smallest absolute Gasteiger partial charge is 0.160 e. The number of hydrogen-bond donors (Lipinski definition) is 2. The van der Waals surface area contributed by atoms with Crippen LogP contribution in [-0.4, -0.2) is 18.8 Å². The lowest BCUT2D eigenvalue weighted by Gasteiger charge is -2.23. The zero-order chi connectivity index (χ0) is 19.3. The number of ether oxygens (including phenoxy) is 2. The fourth-order valence-electron chi connectivity index (χ4n) is 3.70. The van der Waals surface area contributed by atoms with E-state index in [2.05, 4.69) is 47.8 Å². The summed E-state index contributed by atoms with van der Waals surface area (Å²) in [5, 5.41) is 13.7. The van der Waals surface area contributed by atoms with Crippen molar-refractivity contribution in [2.75, 3.05) is 13.7 Å². The Balaban J connectivity index is 1.60. The molecule has 0 saturated heterocycles. The number of benzene rings is 3. The highest BCUT2D eigenvalue weighted by Gasteiger charge is 2.17. The molecule has 0 aliphatic carbocycles. The van der Waals surface area contributed by atoms with Crippen molar-refractivity contribution in [1.29, 1.82) is 0 Å². The number of aryl methyl sites for hydroxylation is 1. The number of phenolic OH excluding ortho intramolecular Hbond substituents is 1. The van der Waals surface area contributed by atoms with Crippen molar-refractivity contribution in [3.63, 3.8) is 0 Å². The van der Waals surface area contributed by atoms with Gasteiger partial charge < -0.3 is 19.9 Å². The Morgan fingerprint density at radius 3 is 2.68 bits per heavy atom. The molecule has 0 aromatic heterocycles. The van der Waals surface area contributed by atoms with Crippen LogP contribution in [0.25, 0.3) is 0 Å². The first kappa shape index (κ1) is 18.4. The summed E-state index contributed by atoms with van der Waals surface area (Å²) < 4.78 is 10.9. The van der Waals surface area contributed by atoms with Crippen molar-refractivity contribution >= 4 is 0 Å². The summed E-state index contributed by atoms with van der Waals surface area (Å²) in [6.45, 7) is 1.43. The number of aromatic hydroxyl groups is 1. The number of rotatable bonds is 6. The first-order valence-corrected chi connectivity index (χ1v) is 9.64. The third-order valence-electron chi connectivity index (χ3n) is 5.15. The highest BCUT2D eigenvalue weighted by Crippen LogP contribution is 2.31. The lowest BCUT2D eigenvalue weighted by Crippen LogP contribution is -2.22. The number of nitrogens with one attached hydrogen (secondary N) is 1. The SMILES string of the molecule is COc1ccc(CNC(c2ccccc2)c2ccc3c(c2)CCCO3)cc1O. The molecule has 0 saturated carbocycles. The second-order valence-corrected chi connectivity index (χ2v) is 7.05. The molecule has 1 atom stereocenters. The summed E-state index contributed by atoms with van der Waals surface area (Å²) >= 11 is 0. The summed E-state index contributed by atoms with van der Waals surface area (Å²) in [6, 6.07) is 22.5. The van der Waals surface area contributed by atoms with Crippen LogP contribution >= 0.6 is 0 Å². The molecule has 0 radical (unpaired) electrons. The lowest BCUT2D eigenvalue weighted by atomic mass is 9.94. The minimum absolute atomic E-state index is 0.0534. The van der Waals surface area contributed by atoms with Gasteiger partial charge in [0.2, 0.25) is 0 Å². The summed E-state index contributed by atoms with van der Waals surface area (Å²) in [5.41, 5.74) is 4.69. The van der Waals surface area contributed by atoms with Gasteiger partial charge in [0, 0.05) is 6.54 Å². The molecule has 0 fully saturated rings. The molecule has 0 spiro atoms. The van der Waals surface area contributed by atoms with Crippen LogP contribution in [-0.2, 0) is 13.0 Å². The van der Waals surface area contributed by atoms with E-state index in [-0.39, 0.29) is 11.8 Å². The van der Waals surface area contributed by atoms with Crippen molar-refractivity contribution in [2.45, 2.75) is 25.4 Å². The Morgan fingerprint density at radius 2 is 1.89 bits per heavy atom. The predicted molar refractivity (Wildman–Crippen MR) is 110 cm³/mol. The van der Waals surface area contributed by atoms with Gasteiger partial charge in [0.15, 0.2) is 11.5 Å². The summed E-state index contributed by atoms with van der Waals surface area (Å²) in [6.07, 6.45) is 2.11. The van der Waals surface area contributed by atoms with Gasteiger partial charge >= 0.3 is 0 Å². The van der Waals surface area contributed by atoms with Gasteiger partial charge in [-0.05, 0) is 53.3 Å². The molecule has 3 aromatic rings. The topological polar surface area (TPSA) is 50.7 Å². The molecule has 3 aromatic carbocycles. The Kier molecular flexibility index (Phi) is 5.49. The predicted octanol–water partition coefficient (Wildman–Crippen LogP) is 4.61. The van der Waals surface area contributed by atoms with E-state index >= 15 is 0 Å². The van der Waals surface area contributed by atoms with E-state index in [4.69, 9.17) is 9.47 Å². The number of fused-ring (bicyclic) bond motifs is 1. The van der Waals surface area contributed by atoms with Crippen molar-refractivity contribution in [1.82, 2.24) is 5.32 Å². The molecular formula is C24H25NO3. The highest BCUT2D eigenvalue weighted by molar-refractivity contribution is 5.44. The van der Waals surface area contributed by atoms with Crippen LogP contribution in [0.1, 0.15) is 34.7 Å². The molecule has 1 heterocycles. The highest BCUT2D eigenvalue weighted by atomic mass is 16.5. The van der Waals surface area contributed by atoms with E-state index in [9.17, 15) is 5.11 Å². The summed E-state index contributed by atoms with van der Waals surface area (Å²) in [7, 11) is 1.55. The molecule has 2 N–H and O–H groups in total. The average molecular weight is 375 g/mol. The number of phenols is 1. The molecule has 0 bridgehead atoms. The minimum atomic E-state index is 0.0534. The van der Waals surface area contributed by atoms with Crippen molar-refractivity contribution in [3.05, 3.63) is 89.0 Å². The second-order valence-electron chi connectivity index (χ2n) is 7.05. The number of methoxy groups -OCH3 is 1. The van der Waals surface area contributed by atoms with Gasteiger partial charge in [0.05, 0.1) is 19.8 Å². The van der Waals surface area contributed by atoms with Crippen LogP contribution in [0.3, 0.4) is 0 Å². The van der Waals surface area contributed by atoms with Gasteiger partial charge in [0.25, 0.3) is 0 Å². The maximum absolute atomic E-state index is 10.1. The summed E-state index contributed by atoms with van der Waals surface area (Å²) in [5.74, 6) is 1.64. The minimum Gasteiger partial charge on any atom is -0.504 e. The standard InChI is InChI=1S/C24H25NO3/c1-27-23-11-9-17(14-21(23)26)16-25-24(18-6-3-2-4-7-18)20-10-12-22-19(15-20)8-5-13-28-22/h2-4,6-7,9-12,14-15,24-26H,5,8,13,16H2,1H3. The number of hydrogen-bond acceptors (Lipinski definition) is 4. The van der Waals surface area contributed by atoms with Crippen LogP contribution in [0.15, 0.2) is 66.7 Å². The molecule has 4 rings (SSSR count). The lowest BCUT2D eigenvalue weighted by molar-refractivity contribution is 0.288. The third-order valence-corrected chi connectivity index (χ3v) is 5.15. The normalized spacial score (nSPS) is 14.0. The third kappa shape index (κ3) is 3.97. The average Bonchev–Trinajstić information content (AvgIpc) is 2.75. The molecular weight excluding hydrogens is 350 g/mol. The van der Waals surface area contributed by atoms with Crippen LogP contribution in [0, 0.1) is 0 Å². The quantitative estimate of drug-likeness (QED) is 0.661. The van der Waals surface area contributed by atoms with E-state index in [1.165, 1.54) is 16.7 Å². The Hall–Kier alpha value is -2.98. The van der Waals surface area contributed by atoms with Crippen molar-refractivity contribution in [2.24, 2.45) is 0 Å². The van der Waals surface area contributed by atoms with E-state index in [0.717, 1.165) is 30.8 Å². The van der Waals surface area contributed by atoms with Gasteiger partial charge in [-0.2, -0.15) is 0 Å². The van der Waals surface area contributed by atoms with Gasteiger partial charge in [0.1, 0.15) is 5.75 Å². The monoisotopic (exact) mass is 375 g/mol.